The topological polar surface area (TPSA) is 55.8 Å². The Hall–Kier alpha value is -1.10. The maximum absolute atomic E-state index is 11.8. The first-order valence-corrected chi connectivity index (χ1v) is 5.63. The van der Waals surface area contributed by atoms with E-state index in [-0.39, 0.29) is 24.2 Å². The summed E-state index contributed by atoms with van der Waals surface area (Å²) in [6.07, 6.45) is 1.03. The molecule has 0 aromatic carbocycles. The van der Waals surface area contributed by atoms with Crippen LogP contribution in [0.5, 0.6) is 0 Å². The van der Waals surface area contributed by atoms with Gasteiger partial charge < -0.3 is 14.4 Å². The van der Waals surface area contributed by atoms with Gasteiger partial charge in [0.2, 0.25) is 5.91 Å². The summed E-state index contributed by atoms with van der Waals surface area (Å²) < 4.78 is 9.95. The van der Waals surface area contributed by atoms with Crippen molar-refractivity contribution < 1.29 is 19.1 Å². The SMILES string of the molecule is CCOC(=O)CCN(C)C(=O)C1CCOC1. The number of ether oxygens (including phenoxy) is 2. The van der Waals surface area contributed by atoms with Crippen molar-refractivity contribution in [3.63, 3.8) is 0 Å². The zero-order valence-electron chi connectivity index (χ0n) is 9.90. The molecule has 0 spiro atoms. The van der Waals surface area contributed by atoms with Gasteiger partial charge >= 0.3 is 5.97 Å². The van der Waals surface area contributed by atoms with Crippen molar-refractivity contribution in [2.75, 3.05) is 33.4 Å². The molecule has 0 aliphatic carbocycles. The monoisotopic (exact) mass is 229 g/mol. The molecule has 1 aliphatic heterocycles. The zero-order valence-corrected chi connectivity index (χ0v) is 9.90. The van der Waals surface area contributed by atoms with Gasteiger partial charge in [-0.05, 0) is 13.3 Å². The van der Waals surface area contributed by atoms with Gasteiger partial charge in [0.1, 0.15) is 0 Å². The first kappa shape index (κ1) is 13.0. The van der Waals surface area contributed by atoms with Crippen LogP contribution in [0.1, 0.15) is 19.8 Å². The van der Waals surface area contributed by atoms with E-state index >= 15 is 0 Å². The lowest BCUT2D eigenvalue weighted by molar-refractivity contribution is -0.144. The molecule has 0 saturated carbocycles. The molecule has 1 aliphatic rings. The van der Waals surface area contributed by atoms with Crippen molar-refractivity contribution in [3.05, 3.63) is 0 Å². The average molecular weight is 229 g/mol. The third kappa shape index (κ3) is 3.81. The number of esters is 1. The molecule has 5 heteroatoms. The molecule has 1 atom stereocenters. The number of rotatable bonds is 5. The van der Waals surface area contributed by atoms with Crippen LogP contribution < -0.4 is 0 Å². The smallest absolute Gasteiger partial charge is 0.307 e. The van der Waals surface area contributed by atoms with E-state index in [4.69, 9.17) is 9.47 Å². The second-order valence-electron chi connectivity index (χ2n) is 3.88. The van der Waals surface area contributed by atoms with Gasteiger partial charge in [-0.1, -0.05) is 0 Å². The summed E-state index contributed by atoms with van der Waals surface area (Å²) >= 11 is 0. The molecule has 0 bridgehead atoms. The molecule has 16 heavy (non-hydrogen) atoms. The van der Waals surface area contributed by atoms with Crippen molar-refractivity contribution in [2.45, 2.75) is 19.8 Å². The summed E-state index contributed by atoms with van der Waals surface area (Å²) in [5.74, 6) is -0.237. The Kier molecular flexibility index (Phi) is 5.25. The van der Waals surface area contributed by atoms with Crippen molar-refractivity contribution in [1.29, 1.82) is 0 Å². The van der Waals surface area contributed by atoms with Crippen LogP contribution in [0.15, 0.2) is 0 Å². The Balaban J connectivity index is 2.25. The summed E-state index contributed by atoms with van der Waals surface area (Å²) in [7, 11) is 1.71. The van der Waals surface area contributed by atoms with Crippen LogP contribution in [0.4, 0.5) is 0 Å². The van der Waals surface area contributed by atoms with Crippen molar-refractivity contribution in [1.82, 2.24) is 4.90 Å². The van der Waals surface area contributed by atoms with Gasteiger partial charge in [0.05, 0.1) is 25.6 Å². The van der Waals surface area contributed by atoms with Crippen LogP contribution in [0.3, 0.4) is 0 Å². The largest absolute Gasteiger partial charge is 0.466 e. The molecule has 1 saturated heterocycles. The van der Waals surface area contributed by atoms with Gasteiger partial charge in [-0.25, -0.2) is 0 Å². The van der Waals surface area contributed by atoms with Crippen LogP contribution in [-0.4, -0.2) is 50.2 Å². The highest BCUT2D eigenvalue weighted by atomic mass is 16.5. The van der Waals surface area contributed by atoms with E-state index in [1.54, 1.807) is 18.9 Å². The van der Waals surface area contributed by atoms with E-state index < -0.39 is 0 Å². The van der Waals surface area contributed by atoms with Gasteiger partial charge in [-0.15, -0.1) is 0 Å². The average Bonchev–Trinajstić information content (AvgIpc) is 2.78. The highest BCUT2D eigenvalue weighted by Gasteiger charge is 2.26. The Morgan fingerprint density at radius 3 is 2.81 bits per heavy atom. The minimum atomic E-state index is -0.259. The number of carbonyl (C=O) groups excluding carboxylic acids is 2. The molecular weight excluding hydrogens is 210 g/mol. The molecule has 0 N–H and O–H groups in total. The van der Waals surface area contributed by atoms with Gasteiger partial charge in [-0.3, -0.25) is 9.59 Å². The highest BCUT2D eigenvalue weighted by molar-refractivity contribution is 5.79. The van der Waals surface area contributed by atoms with E-state index in [0.29, 0.717) is 26.4 Å². The Bertz CT molecular complexity index is 248. The van der Waals surface area contributed by atoms with Crippen LogP contribution in [0, 0.1) is 5.92 Å². The molecule has 1 heterocycles. The second-order valence-corrected chi connectivity index (χ2v) is 3.88. The third-order valence-electron chi connectivity index (χ3n) is 2.61. The van der Waals surface area contributed by atoms with Gasteiger partial charge in [0.25, 0.3) is 0 Å². The molecule has 0 radical (unpaired) electrons. The van der Waals surface area contributed by atoms with Gasteiger partial charge in [-0.2, -0.15) is 0 Å². The lowest BCUT2D eigenvalue weighted by Crippen LogP contribution is -2.34. The molecule has 1 unspecified atom stereocenters. The maximum atomic E-state index is 11.8. The van der Waals surface area contributed by atoms with Crippen LogP contribution in [-0.2, 0) is 19.1 Å². The fourth-order valence-corrected chi connectivity index (χ4v) is 1.64. The summed E-state index contributed by atoms with van der Waals surface area (Å²) in [4.78, 5) is 24.5. The number of carbonyl (C=O) groups is 2. The molecule has 0 aromatic heterocycles. The van der Waals surface area contributed by atoms with E-state index in [1.165, 1.54) is 0 Å². The number of nitrogens with zero attached hydrogens (tertiary/aromatic N) is 1. The standard InChI is InChI=1S/C11H19NO4/c1-3-16-10(13)4-6-12(2)11(14)9-5-7-15-8-9/h9H,3-8H2,1-2H3. The summed E-state index contributed by atoms with van der Waals surface area (Å²) in [5, 5.41) is 0. The summed E-state index contributed by atoms with van der Waals surface area (Å²) in [6, 6.07) is 0. The fraction of sp³-hybridized carbons (Fsp3) is 0.818. The molecule has 1 amide bonds. The van der Waals surface area contributed by atoms with Crippen molar-refractivity contribution in [2.24, 2.45) is 5.92 Å². The quantitative estimate of drug-likeness (QED) is 0.642. The van der Waals surface area contributed by atoms with Crippen LogP contribution in [0.25, 0.3) is 0 Å². The van der Waals surface area contributed by atoms with Gasteiger partial charge in [0, 0.05) is 20.2 Å². The maximum Gasteiger partial charge on any atom is 0.307 e. The predicted molar refractivity (Wildman–Crippen MR) is 57.8 cm³/mol. The van der Waals surface area contributed by atoms with Crippen LogP contribution in [0.2, 0.25) is 0 Å². The summed E-state index contributed by atoms with van der Waals surface area (Å²) in [6.45, 7) is 3.72. The lowest BCUT2D eigenvalue weighted by atomic mass is 10.1. The van der Waals surface area contributed by atoms with Crippen LogP contribution >= 0.6 is 0 Å². The third-order valence-corrected chi connectivity index (χ3v) is 2.61. The Morgan fingerprint density at radius 1 is 1.50 bits per heavy atom. The lowest BCUT2D eigenvalue weighted by Gasteiger charge is -2.19. The zero-order chi connectivity index (χ0) is 12.0. The molecule has 1 rings (SSSR count). The van der Waals surface area contributed by atoms with Gasteiger partial charge in [0.15, 0.2) is 0 Å². The normalized spacial score (nSPS) is 19.5. The van der Waals surface area contributed by atoms with Crippen molar-refractivity contribution >= 4 is 11.9 Å². The minimum absolute atomic E-state index is 0.0350. The first-order chi connectivity index (χ1) is 7.65. The molecule has 0 aromatic rings. The van der Waals surface area contributed by atoms with E-state index in [2.05, 4.69) is 0 Å². The Morgan fingerprint density at radius 2 is 2.25 bits per heavy atom. The molecule has 92 valence electrons. The number of amides is 1. The molecule has 5 nitrogen and oxygen atoms in total. The Labute approximate surface area is 95.7 Å². The molecular formula is C11H19NO4. The second kappa shape index (κ2) is 6.48. The van der Waals surface area contributed by atoms with E-state index in [9.17, 15) is 9.59 Å². The predicted octanol–water partition coefficient (Wildman–Crippen LogP) is 0.435. The summed E-state index contributed by atoms with van der Waals surface area (Å²) in [5.41, 5.74) is 0. The highest BCUT2D eigenvalue weighted by Crippen LogP contribution is 2.14. The molecule has 1 fully saturated rings. The number of hydrogen-bond donors (Lipinski definition) is 0. The fourth-order valence-electron chi connectivity index (χ4n) is 1.64. The first-order valence-electron chi connectivity index (χ1n) is 5.63. The minimum Gasteiger partial charge on any atom is -0.466 e. The van der Waals surface area contributed by atoms with Crippen molar-refractivity contribution in [3.8, 4) is 0 Å². The van der Waals surface area contributed by atoms with E-state index in [1.807, 2.05) is 0 Å². The van der Waals surface area contributed by atoms with E-state index in [0.717, 1.165) is 6.42 Å². The number of hydrogen-bond acceptors (Lipinski definition) is 4.